The van der Waals surface area contributed by atoms with Gasteiger partial charge in [-0.25, -0.2) is 9.97 Å². The lowest BCUT2D eigenvalue weighted by Gasteiger charge is -2.23. The Labute approximate surface area is 408 Å². The van der Waals surface area contributed by atoms with Gasteiger partial charge in [-0.15, -0.1) is 0 Å². The van der Waals surface area contributed by atoms with Gasteiger partial charge in [0.05, 0.1) is 29.8 Å². The van der Waals surface area contributed by atoms with Crippen molar-refractivity contribution >= 4 is 72.6 Å². The average molecular weight is 1020 g/mol. The zero-order chi connectivity index (χ0) is 48.9. The van der Waals surface area contributed by atoms with E-state index in [9.17, 15) is 33.0 Å². The molecule has 0 saturated carbocycles. The molecule has 69 heavy (non-hydrogen) atoms. The number of fused-ring (bicyclic) bond motifs is 2. The van der Waals surface area contributed by atoms with Crippen molar-refractivity contribution in [3.05, 3.63) is 118 Å². The molecule has 0 radical (unpaired) electrons. The largest absolute Gasteiger partial charge is 0.484 e. The van der Waals surface area contributed by atoms with Crippen molar-refractivity contribution in [1.29, 1.82) is 0 Å². The molecule has 8 rings (SSSR count). The molecule has 18 heteroatoms. The standard InChI is InChI=1S/C26H29F3N4O3.C25H29BrN4O3/c1-18-15-24(33-10-2-9-32(11-12-33)13-14-34)31-23-8-5-20(16-22(18)23)30-25(35)17-36-21-6-3-19(4-7-21)26(27,28)29;1-18-15-24(30-10-2-9-29(11-12-30)13-14-31)28-23-8-5-20(16-22(18)23)27-25(32)17-33-21-6-3-19(26)4-7-21/h3-8,15-16,34H,2,9-14,17H2,1H3,(H,30,35);3-8,15-16,31H,2,9-14,17H2,1H3,(H,27,32). The van der Waals surface area contributed by atoms with Crippen LogP contribution >= 0.6 is 15.9 Å². The van der Waals surface area contributed by atoms with Gasteiger partial charge in [0.1, 0.15) is 23.1 Å². The summed E-state index contributed by atoms with van der Waals surface area (Å²) < 4.78 is 49.8. The molecule has 0 bridgehead atoms. The molecule has 2 aliphatic heterocycles. The first-order chi connectivity index (χ1) is 33.2. The summed E-state index contributed by atoms with van der Waals surface area (Å²) in [5.74, 6) is 2.08. The van der Waals surface area contributed by atoms with Crippen LogP contribution in [0.1, 0.15) is 29.5 Å². The minimum atomic E-state index is -4.42. The van der Waals surface area contributed by atoms with Crippen LogP contribution in [0.4, 0.5) is 36.2 Å². The monoisotopic (exact) mass is 1010 g/mol. The Morgan fingerprint density at radius 2 is 1.04 bits per heavy atom. The predicted molar refractivity (Wildman–Crippen MR) is 268 cm³/mol. The number of aryl methyl sites for hydroxylation is 2. The number of halogens is 4. The lowest BCUT2D eigenvalue weighted by Crippen LogP contribution is -2.32. The molecule has 4 aromatic carbocycles. The van der Waals surface area contributed by atoms with E-state index in [-0.39, 0.29) is 38.1 Å². The molecular weight excluding hydrogens is 958 g/mol. The average Bonchev–Trinajstić information content (AvgIpc) is 3.72. The second-order valence-corrected chi connectivity index (χ2v) is 17.9. The number of carbonyl (C=O) groups excluding carboxylic acids is 2. The fourth-order valence-electron chi connectivity index (χ4n) is 8.33. The zero-order valence-electron chi connectivity index (χ0n) is 38.8. The normalized spacial score (nSPS) is 15.0. The zero-order valence-corrected chi connectivity index (χ0v) is 40.4. The van der Waals surface area contributed by atoms with Crippen molar-refractivity contribution in [3.8, 4) is 11.5 Å². The molecule has 2 aliphatic rings. The quantitative estimate of drug-likeness (QED) is 0.0839. The van der Waals surface area contributed by atoms with Gasteiger partial charge in [0.25, 0.3) is 11.8 Å². The molecule has 2 fully saturated rings. The number of rotatable bonds is 14. The van der Waals surface area contributed by atoms with Crippen molar-refractivity contribution in [2.45, 2.75) is 32.9 Å². The number of benzene rings is 4. The number of aliphatic hydroxyl groups excluding tert-OH is 2. The smallest absolute Gasteiger partial charge is 0.416 e. The van der Waals surface area contributed by atoms with Gasteiger partial charge >= 0.3 is 6.18 Å². The van der Waals surface area contributed by atoms with Crippen LogP contribution in [0.2, 0.25) is 0 Å². The molecule has 4 N–H and O–H groups in total. The summed E-state index contributed by atoms with van der Waals surface area (Å²) in [4.78, 5) is 43.5. The number of aliphatic hydroxyl groups is 2. The summed E-state index contributed by atoms with van der Waals surface area (Å²) in [7, 11) is 0. The topological polar surface area (TPSA) is 156 Å². The molecule has 14 nitrogen and oxygen atoms in total. The lowest BCUT2D eigenvalue weighted by molar-refractivity contribution is -0.137. The van der Waals surface area contributed by atoms with Gasteiger partial charge in [0.2, 0.25) is 0 Å². The van der Waals surface area contributed by atoms with Gasteiger partial charge < -0.3 is 40.1 Å². The molecule has 0 aliphatic carbocycles. The van der Waals surface area contributed by atoms with Crippen molar-refractivity contribution < 1.29 is 42.4 Å². The van der Waals surface area contributed by atoms with Crippen LogP contribution in [-0.4, -0.2) is 134 Å². The highest BCUT2D eigenvalue weighted by molar-refractivity contribution is 9.10. The fourth-order valence-corrected chi connectivity index (χ4v) is 8.59. The SMILES string of the molecule is Cc1cc(N2CCCN(CCO)CC2)nc2ccc(NC(=O)COc3ccc(Br)cc3)cc12.Cc1cc(N2CCCN(CCO)CC2)nc2ccc(NC(=O)COc3ccc(C(F)(F)F)cc3)cc12. The van der Waals surface area contributed by atoms with Gasteiger partial charge in [-0.1, -0.05) is 15.9 Å². The van der Waals surface area contributed by atoms with E-state index in [4.69, 9.17) is 19.4 Å². The Kier molecular flexibility index (Phi) is 17.7. The number of aromatic nitrogens is 2. The highest BCUT2D eigenvalue weighted by Gasteiger charge is 2.30. The molecule has 0 unspecified atom stereocenters. The van der Waals surface area contributed by atoms with Crippen molar-refractivity contribution in [2.24, 2.45) is 0 Å². The van der Waals surface area contributed by atoms with Crippen LogP contribution < -0.4 is 29.9 Å². The number of alkyl halides is 3. The van der Waals surface area contributed by atoms with Crippen molar-refractivity contribution in [1.82, 2.24) is 19.8 Å². The number of hydrogen-bond donors (Lipinski definition) is 4. The number of hydrogen-bond acceptors (Lipinski definition) is 12. The summed E-state index contributed by atoms with van der Waals surface area (Å²) in [5, 5.41) is 26.0. The first kappa shape index (κ1) is 50.8. The molecule has 2 amide bonds. The Morgan fingerprint density at radius 1 is 0.609 bits per heavy atom. The van der Waals surface area contributed by atoms with Crippen LogP contribution in [0.25, 0.3) is 21.8 Å². The first-order valence-electron chi connectivity index (χ1n) is 23.0. The summed E-state index contributed by atoms with van der Waals surface area (Å²) in [6.45, 7) is 12.8. The second kappa shape index (κ2) is 24.0. The van der Waals surface area contributed by atoms with E-state index >= 15 is 0 Å². The van der Waals surface area contributed by atoms with Gasteiger partial charge in [0, 0.05) is 79.0 Å². The third-order valence-electron chi connectivity index (χ3n) is 12.0. The van der Waals surface area contributed by atoms with E-state index in [0.717, 1.165) is 139 Å². The number of nitrogens with zero attached hydrogens (tertiary/aromatic N) is 6. The molecular formula is C51H58BrF3N8O6. The Morgan fingerprint density at radius 3 is 1.46 bits per heavy atom. The minimum absolute atomic E-state index is 0.0574. The number of ether oxygens (including phenoxy) is 2. The van der Waals surface area contributed by atoms with Gasteiger partial charge in [-0.2, -0.15) is 13.2 Å². The summed E-state index contributed by atoms with van der Waals surface area (Å²) in [6, 6.07) is 27.0. The maximum absolute atomic E-state index is 12.7. The highest BCUT2D eigenvalue weighted by Crippen LogP contribution is 2.31. The summed E-state index contributed by atoms with van der Waals surface area (Å²) in [6.07, 6.45) is -2.38. The van der Waals surface area contributed by atoms with Crippen molar-refractivity contribution in [2.75, 3.05) is 112 Å². The number of amides is 2. The Bertz CT molecular complexity index is 2680. The van der Waals surface area contributed by atoms with Crippen molar-refractivity contribution in [3.63, 3.8) is 0 Å². The third-order valence-corrected chi connectivity index (χ3v) is 12.5. The highest BCUT2D eigenvalue weighted by atomic mass is 79.9. The van der Waals surface area contributed by atoms with E-state index in [1.54, 1.807) is 6.07 Å². The molecule has 4 heterocycles. The van der Waals surface area contributed by atoms with E-state index in [2.05, 4.69) is 59.2 Å². The van der Waals surface area contributed by atoms with E-state index in [0.29, 0.717) is 18.0 Å². The number of anilines is 4. The fraction of sp³-hybridized carbons (Fsp3) is 0.373. The van der Waals surface area contributed by atoms with Crippen LogP contribution in [-0.2, 0) is 15.8 Å². The van der Waals surface area contributed by atoms with Crippen LogP contribution in [0.5, 0.6) is 11.5 Å². The third kappa shape index (κ3) is 14.5. The number of carbonyl (C=O) groups is 2. The summed E-state index contributed by atoms with van der Waals surface area (Å²) in [5.41, 5.74) is 4.40. The second-order valence-electron chi connectivity index (χ2n) is 17.0. The van der Waals surface area contributed by atoms with E-state index in [1.165, 1.54) is 12.1 Å². The Hall–Kier alpha value is -6.05. The maximum atomic E-state index is 12.7. The number of β-amino-alcohol motifs (C(OH)–C–C–N with tert-alkyl or cyclic N) is 2. The molecule has 0 atom stereocenters. The van der Waals surface area contributed by atoms with Gasteiger partial charge in [-0.3, -0.25) is 19.4 Å². The lowest BCUT2D eigenvalue weighted by atomic mass is 10.1. The van der Waals surface area contributed by atoms with Gasteiger partial charge in [-0.05, 0) is 148 Å². The maximum Gasteiger partial charge on any atom is 0.416 e. The van der Waals surface area contributed by atoms with Crippen LogP contribution in [0, 0.1) is 13.8 Å². The first-order valence-corrected chi connectivity index (χ1v) is 23.8. The predicted octanol–water partition coefficient (Wildman–Crippen LogP) is 7.91. The minimum Gasteiger partial charge on any atom is -0.484 e. The molecule has 2 saturated heterocycles. The molecule has 2 aromatic heterocycles. The molecule has 6 aromatic rings. The van der Waals surface area contributed by atoms with E-state index in [1.807, 2.05) is 67.6 Å². The Balaban J connectivity index is 0.000000205. The van der Waals surface area contributed by atoms with Crippen LogP contribution in [0.15, 0.2) is 102 Å². The van der Waals surface area contributed by atoms with Crippen LogP contribution in [0.3, 0.4) is 0 Å². The summed E-state index contributed by atoms with van der Waals surface area (Å²) >= 11 is 3.38. The molecule has 0 spiro atoms. The van der Waals surface area contributed by atoms with E-state index < -0.39 is 17.6 Å². The number of pyridine rings is 2. The molecule has 366 valence electrons. The number of nitrogens with one attached hydrogen (secondary N) is 2. The van der Waals surface area contributed by atoms with Gasteiger partial charge in [0.15, 0.2) is 13.2 Å².